The first-order valence-corrected chi connectivity index (χ1v) is 5.57. The molecule has 0 N–H and O–H groups in total. The monoisotopic (exact) mass is 266 g/mol. The topological polar surface area (TPSA) is 32.7 Å². The Balaban J connectivity index is 2.29. The molecule has 0 spiro atoms. The molecule has 4 heteroatoms. The van der Waals surface area contributed by atoms with Crippen molar-refractivity contribution in [2.24, 2.45) is 4.99 Å². The lowest BCUT2D eigenvalue weighted by atomic mass is 10.2. The van der Waals surface area contributed by atoms with E-state index in [0.717, 1.165) is 10.3 Å². The molecular weight excluding hydrogens is 256 g/mol. The zero-order chi connectivity index (χ0) is 10.8. The second kappa shape index (κ2) is 4.14. The second-order valence-electron chi connectivity index (χ2n) is 3.37. The van der Waals surface area contributed by atoms with Gasteiger partial charge in [0.15, 0.2) is 0 Å². The fourth-order valence-corrected chi connectivity index (χ4v) is 2.04. The molecule has 78 valence electrons. The smallest absolute Gasteiger partial charge is 0.260 e. The minimum absolute atomic E-state index is 0.0150. The fraction of sp³-hybridized carbons (Fsp3) is 0.273. The molecule has 0 atom stereocenters. The second-order valence-corrected chi connectivity index (χ2v) is 4.22. The molecule has 0 saturated heterocycles. The van der Waals surface area contributed by atoms with Gasteiger partial charge in [-0.15, -0.1) is 0 Å². The molecule has 15 heavy (non-hydrogen) atoms. The number of aliphatic imine (C=N–C) groups is 1. The predicted molar refractivity (Wildman–Crippen MR) is 63.2 cm³/mol. The van der Waals surface area contributed by atoms with Gasteiger partial charge in [0, 0.05) is 11.0 Å². The van der Waals surface area contributed by atoms with Crippen LogP contribution in [0.5, 0.6) is 0 Å². The van der Waals surface area contributed by atoms with E-state index in [1.807, 2.05) is 31.2 Å². The average Bonchev–Trinajstić information content (AvgIpc) is 2.64. The highest BCUT2D eigenvalue weighted by molar-refractivity contribution is 9.10. The largest absolute Gasteiger partial charge is 0.295 e. The van der Waals surface area contributed by atoms with Crippen LogP contribution < -0.4 is 0 Å². The van der Waals surface area contributed by atoms with Gasteiger partial charge in [-0.1, -0.05) is 12.1 Å². The van der Waals surface area contributed by atoms with Crippen molar-refractivity contribution < 1.29 is 4.79 Å². The van der Waals surface area contributed by atoms with Crippen LogP contribution in [-0.4, -0.2) is 29.7 Å². The Hall–Kier alpha value is -1.16. The molecule has 1 heterocycles. The summed E-state index contributed by atoms with van der Waals surface area (Å²) >= 11 is 3.38. The summed E-state index contributed by atoms with van der Waals surface area (Å²) in [5.41, 5.74) is 0.689. The summed E-state index contributed by atoms with van der Waals surface area (Å²) in [6, 6.07) is 7.44. The van der Waals surface area contributed by atoms with E-state index in [-0.39, 0.29) is 5.91 Å². The molecule has 2 rings (SSSR count). The summed E-state index contributed by atoms with van der Waals surface area (Å²) < 4.78 is 0.828. The molecule has 1 amide bonds. The lowest BCUT2D eigenvalue weighted by molar-refractivity contribution is 0.0856. The molecule has 0 fully saturated rings. The van der Waals surface area contributed by atoms with Gasteiger partial charge in [-0.2, -0.15) is 0 Å². The number of amides is 1. The van der Waals surface area contributed by atoms with Crippen molar-refractivity contribution >= 4 is 27.7 Å². The summed E-state index contributed by atoms with van der Waals surface area (Å²) in [4.78, 5) is 18.0. The fourth-order valence-electron chi connectivity index (χ4n) is 1.59. The maximum absolute atomic E-state index is 12.1. The third kappa shape index (κ3) is 1.95. The molecule has 3 nitrogen and oxygen atoms in total. The Labute approximate surface area is 96.9 Å². The zero-order valence-corrected chi connectivity index (χ0v) is 9.99. The van der Waals surface area contributed by atoms with Crippen LogP contribution in [0.1, 0.15) is 17.3 Å². The quantitative estimate of drug-likeness (QED) is 0.768. The number of carbonyl (C=O) groups excluding carboxylic acids is 1. The summed E-state index contributed by atoms with van der Waals surface area (Å²) in [6.45, 7) is 3.26. The number of nitrogens with zero attached hydrogens (tertiary/aromatic N) is 2. The summed E-state index contributed by atoms with van der Waals surface area (Å²) in [6.07, 6.45) is 0. The van der Waals surface area contributed by atoms with Crippen LogP contribution in [0.4, 0.5) is 0 Å². The van der Waals surface area contributed by atoms with Gasteiger partial charge in [0.05, 0.1) is 12.1 Å². The highest BCUT2D eigenvalue weighted by atomic mass is 79.9. The van der Waals surface area contributed by atoms with E-state index >= 15 is 0 Å². The number of rotatable bonds is 1. The van der Waals surface area contributed by atoms with Crippen molar-refractivity contribution in [2.75, 3.05) is 13.1 Å². The van der Waals surface area contributed by atoms with Crippen LogP contribution in [0.2, 0.25) is 0 Å². The number of amidine groups is 1. The summed E-state index contributed by atoms with van der Waals surface area (Å²) in [7, 11) is 0. The molecule has 0 saturated carbocycles. The number of benzene rings is 1. The summed E-state index contributed by atoms with van der Waals surface area (Å²) in [5, 5.41) is 0. The van der Waals surface area contributed by atoms with Crippen molar-refractivity contribution in [2.45, 2.75) is 6.92 Å². The Bertz CT molecular complexity index is 428. The van der Waals surface area contributed by atoms with Gasteiger partial charge in [-0.05, 0) is 35.0 Å². The van der Waals surface area contributed by atoms with Crippen molar-refractivity contribution in [3.05, 3.63) is 34.3 Å². The summed E-state index contributed by atoms with van der Waals surface area (Å²) in [5.74, 6) is 0.817. The molecule has 0 aromatic heterocycles. The van der Waals surface area contributed by atoms with E-state index in [4.69, 9.17) is 0 Å². The van der Waals surface area contributed by atoms with Gasteiger partial charge in [-0.3, -0.25) is 14.7 Å². The molecule has 1 aromatic carbocycles. The highest BCUT2D eigenvalue weighted by Gasteiger charge is 2.22. The number of hydrogen-bond donors (Lipinski definition) is 0. The van der Waals surface area contributed by atoms with E-state index in [0.29, 0.717) is 18.7 Å². The predicted octanol–water partition coefficient (Wildman–Crippen LogP) is 2.32. The SMILES string of the molecule is CC1=NCCN1C(=O)c1ccccc1Br. The third-order valence-corrected chi connectivity index (χ3v) is 3.10. The Kier molecular flexibility index (Phi) is 2.86. The van der Waals surface area contributed by atoms with E-state index in [1.54, 1.807) is 4.90 Å². The Morgan fingerprint density at radius 1 is 1.47 bits per heavy atom. The Morgan fingerprint density at radius 3 is 2.80 bits per heavy atom. The van der Waals surface area contributed by atoms with E-state index in [1.165, 1.54) is 0 Å². The van der Waals surface area contributed by atoms with Crippen molar-refractivity contribution in [1.29, 1.82) is 0 Å². The highest BCUT2D eigenvalue weighted by Crippen LogP contribution is 2.19. The minimum Gasteiger partial charge on any atom is -0.295 e. The molecule has 1 aliphatic rings. The van der Waals surface area contributed by atoms with E-state index < -0.39 is 0 Å². The van der Waals surface area contributed by atoms with Gasteiger partial charge in [0.2, 0.25) is 0 Å². The van der Waals surface area contributed by atoms with Crippen molar-refractivity contribution in [3.63, 3.8) is 0 Å². The van der Waals surface area contributed by atoms with Crippen LogP contribution >= 0.6 is 15.9 Å². The lowest BCUT2D eigenvalue weighted by Gasteiger charge is -2.16. The molecule has 0 aliphatic carbocycles. The average molecular weight is 267 g/mol. The molecule has 0 radical (unpaired) electrons. The van der Waals surface area contributed by atoms with Crippen molar-refractivity contribution in [3.8, 4) is 0 Å². The van der Waals surface area contributed by atoms with Crippen LogP contribution in [0.15, 0.2) is 33.7 Å². The zero-order valence-electron chi connectivity index (χ0n) is 8.40. The van der Waals surface area contributed by atoms with Crippen molar-refractivity contribution in [1.82, 2.24) is 4.90 Å². The maximum Gasteiger partial charge on any atom is 0.260 e. The maximum atomic E-state index is 12.1. The molecule has 1 aliphatic heterocycles. The van der Waals surface area contributed by atoms with Gasteiger partial charge >= 0.3 is 0 Å². The van der Waals surface area contributed by atoms with Gasteiger partial charge in [0.25, 0.3) is 5.91 Å². The molecular formula is C11H11BrN2O. The van der Waals surface area contributed by atoms with Crippen LogP contribution in [0.3, 0.4) is 0 Å². The van der Waals surface area contributed by atoms with Crippen LogP contribution in [-0.2, 0) is 0 Å². The van der Waals surface area contributed by atoms with Gasteiger partial charge in [-0.25, -0.2) is 0 Å². The number of hydrogen-bond acceptors (Lipinski definition) is 2. The van der Waals surface area contributed by atoms with Crippen LogP contribution in [0, 0.1) is 0 Å². The van der Waals surface area contributed by atoms with Crippen LogP contribution in [0.25, 0.3) is 0 Å². The molecule has 0 bridgehead atoms. The number of carbonyl (C=O) groups is 1. The van der Waals surface area contributed by atoms with E-state index in [9.17, 15) is 4.79 Å². The third-order valence-electron chi connectivity index (χ3n) is 2.40. The van der Waals surface area contributed by atoms with E-state index in [2.05, 4.69) is 20.9 Å². The normalized spacial score (nSPS) is 15.3. The standard InChI is InChI=1S/C11H11BrN2O/c1-8-13-6-7-14(8)11(15)9-4-2-3-5-10(9)12/h2-5H,6-7H2,1H3. The number of halogens is 1. The first kappa shape index (κ1) is 10.4. The lowest BCUT2D eigenvalue weighted by Crippen LogP contribution is -2.32. The molecule has 0 unspecified atom stereocenters. The van der Waals surface area contributed by atoms with Gasteiger partial charge in [0.1, 0.15) is 5.84 Å². The molecule has 1 aromatic rings. The first-order valence-electron chi connectivity index (χ1n) is 4.77. The minimum atomic E-state index is 0.0150. The first-order chi connectivity index (χ1) is 7.20. The Morgan fingerprint density at radius 2 is 2.20 bits per heavy atom. The van der Waals surface area contributed by atoms with Gasteiger partial charge < -0.3 is 0 Å².